The predicted molar refractivity (Wildman–Crippen MR) is 92.2 cm³/mol. The second kappa shape index (κ2) is 9.09. The number of carbonyl (C=O) groups excluding carboxylic acids is 2. The van der Waals surface area contributed by atoms with Crippen LogP contribution < -0.4 is 4.72 Å². The molecule has 1 amide bonds. The molecule has 0 aromatic heterocycles. The largest absolute Gasteiger partial charge is 0.452 e. The number of amides is 1. The highest BCUT2D eigenvalue weighted by molar-refractivity contribution is 7.89. The van der Waals surface area contributed by atoms with E-state index in [1.165, 1.54) is 6.92 Å². The summed E-state index contributed by atoms with van der Waals surface area (Å²) in [6.07, 6.45) is 1.87. The predicted octanol–water partition coefficient (Wildman–Crippen LogP) is 1.44. The summed E-state index contributed by atoms with van der Waals surface area (Å²) in [5.74, 6) is -1.44. The van der Waals surface area contributed by atoms with Gasteiger partial charge in [-0.25, -0.2) is 17.5 Å². The van der Waals surface area contributed by atoms with Gasteiger partial charge >= 0.3 is 5.97 Å². The highest BCUT2D eigenvalue weighted by Crippen LogP contribution is 2.12. The first-order chi connectivity index (χ1) is 12.3. The van der Waals surface area contributed by atoms with Gasteiger partial charge in [0.05, 0.1) is 11.3 Å². The average molecular weight is 386 g/mol. The van der Waals surface area contributed by atoms with Crippen LogP contribution in [0, 0.1) is 5.82 Å². The number of sulfonamides is 1. The van der Waals surface area contributed by atoms with Crippen molar-refractivity contribution < 1.29 is 27.1 Å². The van der Waals surface area contributed by atoms with Crippen molar-refractivity contribution in [3.8, 4) is 0 Å². The Bertz CT molecular complexity index is 730. The molecule has 144 valence electrons. The maximum Gasteiger partial charge on any atom is 0.307 e. The second-order valence-electron chi connectivity index (χ2n) is 6.12. The first-order valence-corrected chi connectivity index (χ1v) is 10.0. The first-order valence-electron chi connectivity index (χ1n) is 8.53. The Labute approximate surface area is 152 Å². The number of rotatable bonds is 7. The summed E-state index contributed by atoms with van der Waals surface area (Å²) in [5.41, 5.74) is 0. The van der Waals surface area contributed by atoms with Gasteiger partial charge < -0.3 is 9.64 Å². The van der Waals surface area contributed by atoms with E-state index in [1.54, 1.807) is 4.90 Å². The minimum atomic E-state index is -3.83. The minimum absolute atomic E-state index is 0.0964. The molecule has 1 aliphatic rings. The van der Waals surface area contributed by atoms with Gasteiger partial charge in [-0.15, -0.1) is 0 Å². The Morgan fingerprint density at radius 2 is 1.81 bits per heavy atom. The van der Waals surface area contributed by atoms with Gasteiger partial charge in [-0.2, -0.15) is 0 Å². The number of hydrogen-bond acceptors (Lipinski definition) is 5. The van der Waals surface area contributed by atoms with Crippen molar-refractivity contribution in [1.29, 1.82) is 0 Å². The summed E-state index contributed by atoms with van der Waals surface area (Å²) < 4.78 is 44.2. The molecule has 1 aromatic rings. The van der Waals surface area contributed by atoms with Gasteiger partial charge in [0.15, 0.2) is 6.10 Å². The molecular weight excluding hydrogens is 363 g/mol. The Morgan fingerprint density at radius 3 is 2.42 bits per heavy atom. The first kappa shape index (κ1) is 20.3. The second-order valence-corrected chi connectivity index (χ2v) is 7.89. The molecule has 0 radical (unpaired) electrons. The fraction of sp³-hybridized carbons (Fsp3) is 0.529. The maximum absolute atomic E-state index is 12.8. The highest BCUT2D eigenvalue weighted by atomic mass is 32.2. The van der Waals surface area contributed by atoms with Gasteiger partial charge in [0.25, 0.3) is 5.91 Å². The summed E-state index contributed by atoms with van der Waals surface area (Å²) in [7, 11) is -3.83. The lowest BCUT2D eigenvalue weighted by Crippen LogP contribution is -2.42. The smallest absolute Gasteiger partial charge is 0.307 e. The lowest BCUT2D eigenvalue weighted by atomic mass is 10.1. The fourth-order valence-electron chi connectivity index (χ4n) is 2.66. The average Bonchev–Trinajstić information content (AvgIpc) is 2.62. The van der Waals surface area contributed by atoms with Crippen LogP contribution in [0.15, 0.2) is 29.2 Å². The van der Waals surface area contributed by atoms with Crippen LogP contribution in [0.3, 0.4) is 0 Å². The summed E-state index contributed by atoms with van der Waals surface area (Å²) >= 11 is 0. The van der Waals surface area contributed by atoms with E-state index in [0.29, 0.717) is 13.1 Å². The lowest BCUT2D eigenvalue weighted by molar-refractivity contribution is -0.159. The molecule has 0 bridgehead atoms. The third-order valence-electron chi connectivity index (χ3n) is 4.07. The number of hydrogen-bond donors (Lipinski definition) is 1. The number of nitrogens with zero attached hydrogens (tertiary/aromatic N) is 1. The van der Waals surface area contributed by atoms with Crippen molar-refractivity contribution in [3.63, 3.8) is 0 Å². The molecule has 1 aromatic carbocycles. The monoisotopic (exact) mass is 386 g/mol. The molecule has 1 heterocycles. The van der Waals surface area contributed by atoms with Gasteiger partial charge in [0.1, 0.15) is 5.82 Å². The highest BCUT2D eigenvalue weighted by Gasteiger charge is 2.25. The number of halogens is 1. The van der Waals surface area contributed by atoms with Gasteiger partial charge in [-0.1, -0.05) is 0 Å². The molecule has 7 nitrogen and oxygen atoms in total. The molecule has 26 heavy (non-hydrogen) atoms. The molecule has 0 aliphatic carbocycles. The van der Waals surface area contributed by atoms with Crippen molar-refractivity contribution in [1.82, 2.24) is 9.62 Å². The Hall–Kier alpha value is -2.00. The zero-order valence-electron chi connectivity index (χ0n) is 14.6. The van der Waals surface area contributed by atoms with E-state index in [0.717, 1.165) is 43.5 Å². The van der Waals surface area contributed by atoms with Crippen LogP contribution in [-0.2, 0) is 24.3 Å². The Kier molecular flexibility index (Phi) is 7.10. The summed E-state index contributed by atoms with van der Waals surface area (Å²) in [5, 5.41) is 0. The van der Waals surface area contributed by atoms with Crippen molar-refractivity contribution in [2.24, 2.45) is 0 Å². The van der Waals surface area contributed by atoms with E-state index in [2.05, 4.69) is 4.72 Å². The number of likely N-dealkylation sites (tertiary alicyclic amines) is 1. The third-order valence-corrected chi connectivity index (χ3v) is 5.55. The maximum atomic E-state index is 12.8. The molecule has 2 rings (SSSR count). The summed E-state index contributed by atoms with van der Waals surface area (Å²) in [6.45, 7) is 2.66. The van der Waals surface area contributed by atoms with E-state index >= 15 is 0 Å². The van der Waals surface area contributed by atoms with Crippen LogP contribution in [-0.4, -0.2) is 50.9 Å². The standard InChI is InChI=1S/C17H23FN2O5S/c1-13(17(22)20-11-3-2-4-12-20)25-16(21)9-10-19-26(23,24)15-7-5-14(18)6-8-15/h5-8,13,19H,2-4,9-12H2,1H3/t13-/m1/s1. The van der Waals surface area contributed by atoms with Gasteiger partial charge in [-0.05, 0) is 50.5 Å². The molecule has 1 saturated heterocycles. The van der Waals surface area contributed by atoms with Crippen molar-refractivity contribution in [2.45, 2.75) is 43.6 Å². The number of ether oxygens (including phenoxy) is 1. The van der Waals surface area contributed by atoms with Crippen LogP contribution in [0.25, 0.3) is 0 Å². The van der Waals surface area contributed by atoms with Crippen LogP contribution in [0.2, 0.25) is 0 Å². The van der Waals surface area contributed by atoms with Crippen molar-refractivity contribution in [2.75, 3.05) is 19.6 Å². The van der Waals surface area contributed by atoms with Crippen molar-refractivity contribution >= 4 is 21.9 Å². The lowest BCUT2D eigenvalue weighted by Gasteiger charge is -2.28. The summed E-state index contributed by atoms with van der Waals surface area (Å²) in [6, 6.07) is 4.35. The minimum Gasteiger partial charge on any atom is -0.452 e. The number of carbonyl (C=O) groups is 2. The molecule has 9 heteroatoms. The molecule has 0 unspecified atom stereocenters. The quantitative estimate of drug-likeness (QED) is 0.716. The number of esters is 1. The SMILES string of the molecule is C[C@@H](OC(=O)CCNS(=O)(=O)c1ccc(F)cc1)C(=O)N1CCCCC1. The number of benzene rings is 1. The molecule has 1 fully saturated rings. The Morgan fingerprint density at radius 1 is 1.19 bits per heavy atom. The molecule has 1 N–H and O–H groups in total. The van der Waals surface area contributed by atoms with Crippen LogP contribution in [0.1, 0.15) is 32.6 Å². The van der Waals surface area contributed by atoms with E-state index in [9.17, 15) is 22.4 Å². The fourth-order valence-corrected chi connectivity index (χ4v) is 3.69. The molecular formula is C17H23FN2O5S. The molecule has 1 atom stereocenters. The zero-order valence-corrected chi connectivity index (χ0v) is 15.4. The zero-order chi connectivity index (χ0) is 19.2. The third kappa shape index (κ3) is 5.77. The molecule has 1 aliphatic heterocycles. The molecule has 0 spiro atoms. The number of piperidine rings is 1. The van der Waals surface area contributed by atoms with Gasteiger partial charge in [0.2, 0.25) is 10.0 Å². The van der Waals surface area contributed by atoms with E-state index in [-0.39, 0.29) is 23.8 Å². The van der Waals surface area contributed by atoms with E-state index < -0.39 is 27.9 Å². The Balaban J connectivity index is 1.77. The normalized spacial score (nSPS) is 16.2. The van der Waals surface area contributed by atoms with Crippen LogP contribution in [0.5, 0.6) is 0 Å². The topological polar surface area (TPSA) is 92.8 Å². The summed E-state index contributed by atoms with van der Waals surface area (Å²) in [4.78, 5) is 25.6. The van der Waals surface area contributed by atoms with Gasteiger partial charge in [-0.3, -0.25) is 9.59 Å². The molecule has 0 saturated carbocycles. The number of nitrogens with one attached hydrogen (secondary N) is 1. The van der Waals surface area contributed by atoms with Crippen molar-refractivity contribution in [3.05, 3.63) is 30.1 Å². The van der Waals surface area contributed by atoms with E-state index in [1.807, 2.05) is 0 Å². The van der Waals surface area contributed by atoms with Gasteiger partial charge in [0, 0.05) is 19.6 Å². The van der Waals surface area contributed by atoms with Crippen LogP contribution in [0.4, 0.5) is 4.39 Å². The van der Waals surface area contributed by atoms with E-state index in [4.69, 9.17) is 4.74 Å². The van der Waals surface area contributed by atoms with Crippen LogP contribution >= 0.6 is 0 Å².